The third-order valence-electron chi connectivity index (χ3n) is 4.72. The molecule has 1 aliphatic rings. The highest BCUT2D eigenvalue weighted by Crippen LogP contribution is 2.40. The van der Waals surface area contributed by atoms with E-state index < -0.39 is 0 Å². The summed E-state index contributed by atoms with van der Waals surface area (Å²) >= 11 is 6.31. The minimum atomic E-state index is -0.122. The highest BCUT2D eigenvalue weighted by molar-refractivity contribution is 6.31. The fourth-order valence-corrected chi connectivity index (χ4v) is 3.59. The lowest BCUT2D eigenvalue weighted by Gasteiger charge is -2.14. The summed E-state index contributed by atoms with van der Waals surface area (Å²) in [7, 11) is 0. The molecule has 2 aromatic carbocycles. The number of carbonyl (C=O) groups is 1. The van der Waals surface area contributed by atoms with Crippen molar-refractivity contribution in [1.29, 1.82) is 0 Å². The van der Waals surface area contributed by atoms with Crippen LogP contribution < -0.4 is 14.8 Å². The standard InChI is InChI=1S/C23H21ClN2O3/c24-18-12-17-13-20(29-23(17)21(14-18)16-6-9-25-10-7-16)15-26-22(27)8-11-28-19-4-2-1-3-5-19/h1-7,9-10,12,14,20H,8,11,13,15H2,(H,26,27)/t20-/m1/s1. The summed E-state index contributed by atoms with van der Waals surface area (Å²) < 4.78 is 11.7. The van der Waals surface area contributed by atoms with Crippen LogP contribution in [-0.4, -0.2) is 30.1 Å². The van der Waals surface area contributed by atoms with Gasteiger partial charge in [0.15, 0.2) is 0 Å². The molecule has 0 bridgehead atoms. The molecule has 0 saturated heterocycles. The number of carbonyl (C=O) groups excluding carboxylic acids is 1. The van der Waals surface area contributed by atoms with Gasteiger partial charge in [0, 0.05) is 35.0 Å². The zero-order valence-corrected chi connectivity index (χ0v) is 16.6. The Labute approximate surface area is 174 Å². The van der Waals surface area contributed by atoms with Crippen LogP contribution in [0.15, 0.2) is 67.0 Å². The lowest BCUT2D eigenvalue weighted by atomic mass is 10.0. The second-order valence-electron chi connectivity index (χ2n) is 6.84. The van der Waals surface area contributed by atoms with Crippen LogP contribution in [0.1, 0.15) is 12.0 Å². The predicted molar refractivity (Wildman–Crippen MR) is 112 cm³/mol. The van der Waals surface area contributed by atoms with Gasteiger partial charge in [-0.05, 0) is 42.0 Å². The molecule has 0 aliphatic carbocycles. The van der Waals surface area contributed by atoms with E-state index in [0.29, 0.717) is 31.0 Å². The van der Waals surface area contributed by atoms with Crippen LogP contribution in [0.2, 0.25) is 5.02 Å². The van der Waals surface area contributed by atoms with E-state index in [1.165, 1.54) is 0 Å². The molecule has 3 aromatic rings. The van der Waals surface area contributed by atoms with Crippen molar-refractivity contribution in [3.05, 3.63) is 77.6 Å². The van der Waals surface area contributed by atoms with Gasteiger partial charge in [0.2, 0.25) is 5.91 Å². The smallest absolute Gasteiger partial charge is 0.223 e. The summed E-state index contributed by atoms with van der Waals surface area (Å²) in [5.41, 5.74) is 3.00. The zero-order valence-electron chi connectivity index (χ0n) is 15.8. The molecule has 5 nitrogen and oxygen atoms in total. The first-order valence-electron chi connectivity index (χ1n) is 9.53. The van der Waals surface area contributed by atoms with Crippen molar-refractivity contribution in [3.63, 3.8) is 0 Å². The van der Waals surface area contributed by atoms with Crippen molar-refractivity contribution >= 4 is 17.5 Å². The Morgan fingerprint density at radius 3 is 2.76 bits per heavy atom. The number of amides is 1. The fourth-order valence-electron chi connectivity index (χ4n) is 3.35. The number of pyridine rings is 1. The van der Waals surface area contributed by atoms with Gasteiger partial charge in [0.05, 0.1) is 19.6 Å². The molecule has 2 heterocycles. The Hall–Kier alpha value is -3.05. The normalized spacial score (nSPS) is 14.7. The Kier molecular flexibility index (Phi) is 5.96. The van der Waals surface area contributed by atoms with Crippen LogP contribution in [0, 0.1) is 0 Å². The number of ether oxygens (including phenoxy) is 2. The molecule has 1 aliphatic heterocycles. The van der Waals surface area contributed by atoms with Gasteiger partial charge in [0.1, 0.15) is 17.6 Å². The maximum absolute atomic E-state index is 12.1. The second-order valence-corrected chi connectivity index (χ2v) is 7.27. The van der Waals surface area contributed by atoms with E-state index in [1.807, 2.05) is 54.6 Å². The molecule has 0 unspecified atom stereocenters. The number of hydrogen-bond donors (Lipinski definition) is 1. The molecule has 1 aromatic heterocycles. The zero-order chi connectivity index (χ0) is 20.1. The molecule has 6 heteroatoms. The first kappa shape index (κ1) is 19.3. The van der Waals surface area contributed by atoms with E-state index in [2.05, 4.69) is 10.3 Å². The number of benzene rings is 2. The molecule has 0 radical (unpaired) electrons. The number of fused-ring (bicyclic) bond motifs is 1. The van der Waals surface area contributed by atoms with Crippen LogP contribution in [0.3, 0.4) is 0 Å². The molecule has 0 saturated carbocycles. The number of rotatable bonds is 7. The quantitative estimate of drug-likeness (QED) is 0.633. The Bertz CT molecular complexity index is 980. The summed E-state index contributed by atoms with van der Waals surface area (Å²) in [4.78, 5) is 16.2. The van der Waals surface area contributed by atoms with Crippen molar-refractivity contribution in [1.82, 2.24) is 10.3 Å². The number of para-hydroxylation sites is 1. The SMILES string of the molecule is O=C(CCOc1ccccc1)NC[C@H]1Cc2cc(Cl)cc(-c3ccncc3)c2O1. The number of halogens is 1. The van der Waals surface area contributed by atoms with E-state index in [0.717, 1.165) is 28.2 Å². The van der Waals surface area contributed by atoms with Crippen molar-refractivity contribution in [2.75, 3.05) is 13.2 Å². The van der Waals surface area contributed by atoms with Gasteiger partial charge >= 0.3 is 0 Å². The average molecular weight is 409 g/mol. The number of nitrogens with zero attached hydrogens (tertiary/aromatic N) is 1. The second kappa shape index (κ2) is 8.97. The molecule has 29 heavy (non-hydrogen) atoms. The van der Waals surface area contributed by atoms with Crippen LogP contribution in [0.5, 0.6) is 11.5 Å². The largest absolute Gasteiger partial charge is 0.493 e. The van der Waals surface area contributed by atoms with E-state index >= 15 is 0 Å². The lowest BCUT2D eigenvalue weighted by molar-refractivity contribution is -0.121. The van der Waals surface area contributed by atoms with E-state index in [-0.39, 0.29) is 12.0 Å². The fraction of sp³-hybridized carbons (Fsp3) is 0.217. The monoisotopic (exact) mass is 408 g/mol. The molecule has 0 fully saturated rings. The van der Waals surface area contributed by atoms with Crippen LogP contribution in [-0.2, 0) is 11.2 Å². The third-order valence-corrected chi connectivity index (χ3v) is 4.94. The van der Waals surface area contributed by atoms with Crippen LogP contribution in [0.4, 0.5) is 0 Å². The van der Waals surface area contributed by atoms with Crippen molar-refractivity contribution < 1.29 is 14.3 Å². The van der Waals surface area contributed by atoms with Gasteiger partial charge < -0.3 is 14.8 Å². The number of aromatic nitrogens is 1. The Balaban J connectivity index is 1.31. The minimum absolute atomic E-state index is 0.0622. The van der Waals surface area contributed by atoms with Gasteiger partial charge in [-0.25, -0.2) is 0 Å². The van der Waals surface area contributed by atoms with E-state index in [1.54, 1.807) is 12.4 Å². The Morgan fingerprint density at radius 2 is 1.97 bits per heavy atom. The molecule has 148 valence electrons. The van der Waals surface area contributed by atoms with Crippen molar-refractivity contribution in [2.45, 2.75) is 18.9 Å². The summed E-state index contributed by atoms with van der Waals surface area (Å²) in [6.45, 7) is 0.773. The predicted octanol–water partition coefficient (Wildman–Crippen LogP) is 4.29. The maximum Gasteiger partial charge on any atom is 0.223 e. The maximum atomic E-state index is 12.1. The van der Waals surface area contributed by atoms with Crippen LogP contribution in [0.25, 0.3) is 11.1 Å². The molecule has 1 atom stereocenters. The summed E-state index contributed by atoms with van der Waals surface area (Å²) in [6.07, 6.45) is 4.36. The van der Waals surface area contributed by atoms with E-state index in [4.69, 9.17) is 21.1 Å². The van der Waals surface area contributed by atoms with Gasteiger partial charge in [-0.15, -0.1) is 0 Å². The number of nitrogens with one attached hydrogen (secondary N) is 1. The first-order chi connectivity index (χ1) is 14.2. The molecule has 0 spiro atoms. The van der Waals surface area contributed by atoms with Crippen molar-refractivity contribution in [2.24, 2.45) is 0 Å². The summed E-state index contributed by atoms with van der Waals surface area (Å²) in [5.74, 6) is 1.52. The lowest BCUT2D eigenvalue weighted by Crippen LogP contribution is -2.35. The highest BCUT2D eigenvalue weighted by Gasteiger charge is 2.27. The van der Waals surface area contributed by atoms with Crippen LogP contribution >= 0.6 is 11.6 Å². The average Bonchev–Trinajstić information content (AvgIpc) is 3.16. The summed E-state index contributed by atoms with van der Waals surface area (Å²) in [5, 5.41) is 3.60. The minimum Gasteiger partial charge on any atom is -0.493 e. The molecule has 1 N–H and O–H groups in total. The van der Waals surface area contributed by atoms with Gasteiger partial charge in [-0.3, -0.25) is 9.78 Å². The first-order valence-corrected chi connectivity index (χ1v) is 9.91. The topological polar surface area (TPSA) is 60.5 Å². The molecule has 4 rings (SSSR count). The molecule has 1 amide bonds. The summed E-state index contributed by atoms with van der Waals surface area (Å²) in [6, 6.07) is 17.1. The van der Waals surface area contributed by atoms with Gasteiger partial charge in [0.25, 0.3) is 0 Å². The van der Waals surface area contributed by atoms with Gasteiger partial charge in [-0.1, -0.05) is 29.8 Å². The van der Waals surface area contributed by atoms with Gasteiger partial charge in [-0.2, -0.15) is 0 Å². The molecular weight excluding hydrogens is 388 g/mol. The van der Waals surface area contributed by atoms with E-state index in [9.17, 15) is 4.79 Å². The van der Waals surface area contributed by atoms with Crippen molar-refractivity contribution in [3.8, 4) is 22.6 Å². The highest BCUT2D eigenvalue weighted by atomic mass is 35.5. The molecular formula is C23H21ClN2O3. The third kappa shape index (κ3) is 4.87. The number of hydrogen-bond acceptors (Lipinski definition) is 4. The Morgan fingerprint density at radius 1 is 1.17 bits per heavy atom.